The third-order valence-corrected chi connectivity index (χ3v) is 4.11. The van der Waals surface area contributed by atoms with Crippen LogP contribution in [0.1, 0.15) is 52.4 Å². The van der Waals surface area contributed by atoms with E-state index in [2.05, 4.69) is 15.8 Å². The van der Waals surface area contributed by atoms with E-state index in [1.165, 1.54) is 6.21 Å². The number of rotatable bonds is 7. The summed E-state index contributed by atoms with van der Waals surface area (Å²) in [6, 6.07) is -0.432. The van der Waals surface area contributed by atoms with Gasteiger partial charge in [-0.15, -0.1) is 0 Å². The van der Waals surface area contributed by atoms with Crippen LogP contribution in [0, 0.1) is 11.8 Å². The van der Waals surface area contributed by atoms with E-state index >= 15 is 0 Å². The first-order valence-electron chi connectivity index (χ1n) is 7.92. The fourth-order valence-electron chi connectivity index (χ4n) is 2.55. The van der Waals surface area contributed by atoms with Crippen molar-refractivity contribution in [2.24, 2.45) is 22.7 Å². The fraction of sp³-hybridized carbons (Fsp3) is 0.800. The quantitative estimate of drug-likeness (QED) is 0.493. The van der Waals surface area contributed by atoms with E-state index in [0.29, 0.717) is 24.7 Å². The van der Waals surface area contributed by atoms with E-state index in [4.69, 9.17) is 5.73 Å². The molecule has 1 rings (SSSR count). The molecular weight excluding hydrogens is 268 g/mol. The van der Waals surface area contributed by atoms with Crippen LogP contribution >= 0.6 is 0 Å². The number of amides is 2. The van der Waals surface area contributed by atoms with Crippen molar-refractivity contribution in [3.8, 4) is 0 Å². The normalized spacial score (nSPS) is 23.8. The third kappa shape index (κ3) is 6.71. The highest BCUT2D eigenvalue weighted by Crippen LogP contribution is 2.29. The van der Waals surface area contributed by atoms with Gasteiger partial charge in [0.15, 0.2) is 0 Å². The Morgan fingerprint density at radius 2 is 1.95 bits per heavy atom. The predicted octanol–water partition coefficient (Wildman–Crippen LogP) is 1.79. The van der Waals surface area contributed by atoms with Gasteiger partial charge in [-0.25, -0.2) is 10.2 Å². The zero-order chi connectivity index (χ0) is 15.7. The minimum atomic E-state index is -0.304. The van der Waals surface area contributed by atoms with E-state index in [-0.39, 0.29) is 18.0 Å². The molecule has 1 aliphatic rings. The number of urea groups is 1. The highest BCUT2D eigenvalue weighted by atomic mass is 16.2. The van der Waals surface area contributed by atoms with Crippen LogP contribution in [0.5, 0.6) is 0 Å². The molecule has 0 aromatic carbocycles. The minimum Gasteiger partial charge on any atom is -0.336 e. The van der Waals surface area contributed by atoms with Gasteiger partial charge in [0.05, 0.1) is 0 Å². The van der Waals surface area contributed by atoms with Crippen molar-refractivity contribution in [2.75, 3.05) is 6.54 Å². The van der Waals surface area contributed by atoms with Gasteiger partial charge in [-0.05, 0) is 38.0 Å². The van der Waals surface area contributed by atoms with Crippen LogP contribution in [0.3, 0.4) is 0 Å². The molecule has 1 saturated carbocycles. The molecule has 6 nitrogen and oxygen atoms in total. The van der Waals surface area contributed by atoms with Crippen LogP contribution in [0.15, 0.2) is 5.10 Å². The lowest BCUT2D eigenvalue weighted by molar-refractivity contribution is -0.123. The first kappa shape index (κ1) is 17.6. The van der Waals surface area contributed by atoms with Crippen molar-refractivity contribution in [1.29, 1.82) is 0 Å². The molecule has 0 saturated heterocycles. The predicted molar refractivity (Wildman–Crippen MR) is 84.0 cm³/mol. The van der Waals surface area contributed by atoms with Gasteiger partial charge in [-0.3, -0.25) is 4.79 Å². The van der Waals surface area contributed by atoms with Crippen molar-refractivity contribution >= 4 is 18.0 Å². The Morgan fingerprint density at radius 3 is 2.52 bits per heavy atom. The van der Waals surface area contributed by atoms with E-state index in [0.717, 1.165) is 32.1 Å². The standard InChI is InChI=1S/C15H28N4O2/c1-3-13(16)10-18-19-15(21)17-9-11-5-7-12(8-6-11)14(20)4-2/h10-13H,3-9,16H2,1-2H3,(H2,17,19,21)/b18-10+/t11?,12?,13-/m0/s1. The summed E-state index contributed by atoms with van der Waals surface area (Å²) in [6.45, 7) is 4.51. The SMILES string of the molecule is CCC(=O)C1CCC(CNC(=O)N/N=C/[C@@H](N)CC)CC1. The van der Waals surface area contributed by atoms with Crippen LogP contribution in [-0.4, -0.2) is 30.6 Å². The van der Waals surface area contributed by atoms with Crippen LogP contribution in [0.25, 0.3) is 0 Å². The molecule has 120 valence electrons. The molecule has 0 radical (unpaired) electrons. The molecule has 1 atom stereocenters. The molecule has 1 aliphatic carbocycles. The van der Waals surface area contributed by atoms with Gasteiger partial charge in [0.2, 0.25) is 0 Å². The van der Waals surface area contributed by atoms with Crippen LogP contribution < -0.4 is 16.5 Å². The Hall–Kier alpha value is -1.43. The van der Waals surface area contributed by atoms with Crippen molar-refractivity contribution in [3.63, 3.8) is 0 Å². The molecule has 6 heteroatoms. The Kier molecular flexibility index (Phi) is 7.97. The van der Waals surface area contributed by atoms with Crippen molar-refractivity contribution in [1.82, 2.24) is 10.7 Å². The average molecular weight is 296 g/mol. The lowest BCUT2D eigenvalue weighted by Crippen LogP contribution is -2.37. The summed E-state index contributed by atoms with van der Waals surface area (Å²) in [6.07, 6.45) is 6.84. The maximum atomic E-state index is 11.6. The lowest BCUT2D eigenvalue weighted by atomic mass is 9.79. The van der Waals surface area contributed by atoms with Gasteiger partial charge in [0, 0.05) is 31.1 Å². The van der Waals surface area contributed by atoms with Gasteiger partial charge in [0.1, 0.15) is 5.78 Å². The highest BCUT2D eigenvalue weighted by Gasteiger charge is 2.25. The number of nitrogens with two attached hydrogens (primary N) is 1. The molecule has 0 aromatic heterocycles. The number of Topliss-reactive ketones (excluding diaryl/α,β-unsaturated/α-hetero) is 1. The largest absolute Gasteiger partial charge is 0.336 e. The topological polar surface area (TPSA) is 96.6 Å². The molecule has 4 N–H and O–H groups in total. The lowest BCUT2D eigenvalue weighted by Gasteiger charge is -2.27. The summed E-state index contributed by atoms with van der Waals surface area (Å²) in [7, 11) is 0. The summed E-state index contributed by atoms with van der Waals surface area (Å²) in [5.41, 5.74) is 8.06. The van der Waals surface area contributed by atoms with Crippen LogP contribution in [0.4, 0.5) is 4.79 Å². The number of ketones is 1. The minimum absolute atomic E-state index is 0.128. The second-order valence-corrected chi connectivity index (χ2v) is 5.71. The molecule has 0 bridgehead atoms. The zero-order valence-electron chi connectivity index (χ0n) is 13.1. The summed E-state index contributed by atoms with van der Waals surface area (Å²) in [5, 5.41) is 6.61. The van der Waals surface area contributed by atoms with Gasteiger partial charge >= 0.3 is 6.03 Å². The second-order valence-electron chi connectivity index (χ2n) is 5.71. The molecule has 0 aromatic rings. The fourth-order valence-corrected chi connectivity index (χ4v) is 2.55. The summed E-state index contributed by atoms with van der Waals surface area (Å²) < 4.78 is 0. The van der Waals surface area contributed by atoms with Crippen molar-refractivity contribution in [3.05, 3.63) is 0 Å². The van der Waals surface area contributed by atoms with Gasteiger partial charge in [0.25, 0.3) is 0 Å². The van der Waals surface area contributed by atoms with E-state index in [9.17, 15) is 9.59 Å². The smallest absolute Gasteiger partial charge is 0.335 e. The number of carbonyl (C=O) groups excluding carboxylic acids is 2. The Bertz CT molecular complexity index is 363. The maximum absolute atomic E-state index is 11.6. The van der Waals surface area contributed by atoms with Crippen molar-refractivity contribution < 1.29 is 9.59 Å². The monoisotopic (exact) mass is 296 g/mol. The number of carbonyl (C=O) groups is 2. The molecule has 21 heavy (non-hydrogen) atoms. The molecule has 0 spiro atoms. The average Bonchev–Trinajstić information content (AvgIpc) is 2.52. The molecule has 1 fully saturated rings. The Balaban J connectivity index is 2.17. The van der Waals surface area contributed by atoms with E-state index < -0.39 is 0 Å². The van der Waals surface area contributed by atoms with E-state index in [1.54, 1.807) is 0 Å². The summed E-state index contributed by atoms with van der Waals surface area (Å²) in [5.74, 6) is 1.07. The number of hydrogen-bond donors (Lipinski definition) is 3. The number of nitrogens with one attached hydrogen (secondary N) is 2. The Labute approximate surface area is 126 Å². The number of hydrazone groups is 1. The van der Waals surface area contributed by atoms with Crippen LogP contribution in [-0.2, 0) is 4.79 Å². The first-order chi connectivity index (χ1) is 10.1. The van der Waals surface area contributed by atoms with Gasteiger partial charge in [-0.1, -0.05) is 13.8 Å². The van der Waals surface area contributed by atoms with Gasteiger partial charge < -0.3 is 11.1 Å². The molecule has 2 amide bonds. The highest BCUT2D eigenvalue weighted by molar-refractivity contribution is 5.80. The number of hydrogen-bond acceptors (Lipinski definition) is 4. The summed E-state index contributed by atoms with van der Waals surface area (Å²) >= 11 is 0. The zero-order valence-corrected chi connectivity index (χ0v) is 13.1. The van der Waals surface area contributed by atoms with Crippen LogP contribution in [0.2, 0.25) is 0 Å². The van der Waals surface area contributed by atoms with E-state index in [1.807, 2.05) is 13.8 Å². The molecule has 0 heterocycles. The molecule has 0 unspecified atom stereocenters. The first-order valence-corrected chi connectivity index (χ1v) is 7.92. The van der Waals surface area contributed by atoms with Gasteiger partial charge in [-0.2, -0.15) is 5.10 Å². The molecular formula is C15H28N4O2. The second kappa shape index (κ2) is 9.50. The summed E-state index contributed by atoms with van der Waals surface area (Å²) in [4.78, 5) is 23.2. The molecule has 0 aliphatic heterocycles. The Morgan fingerprint density at radius 1 is 1.29 bits per heavy atom. The number of nitrogens with zero attached hydrogens (tertiary/aromatic N) is 1. The maximum Gasteiger partial charge on any atom is 0.335 e. The van der Waals surface area contributed by atoms with Crippen molar-refractivity contribution in [2.45, 2.75) is 58.4 Å². The third-order valence-electron chi connectivity index (χ3n) is 4.11.